The van der Waals surface area contributed by atoms with Gasteiger partial charge < -0.3 is 20.5 Å². The highest BCUT2D eigenvalue weighted by Gasteiger charge is 2.18. The van der Waals surface area contributed by atoms with Crippen molar-refractivity contribution in [3.8, 4) is 11.5 Å². The lowest BCUT2D eigenvalue weighted by Crippen LogP contribution is -2.22. The van der Waals surface area contributed by atoms with Crippen molar-refractivity contribution in [2.24, 2.45) is 5.73 Å². The standard InChI is InChI=1S/C15H26N2O2/c1-10(16)6-8-13(17-3)12-7-9-14(18-4)11(2)15(12)19-5/h7,9-10,13,17H,6,8,16H2,1-5H3. The fourth-order valence-corrected chi connectivity index (χ4v) is 2.35. The molecule has 1 aromatic carbocycles. The van der Waals surface area contributed by atoms with Gasteiger partial charge in [-0.05, 0) is 39.8 Å². The van der Waals surface area contributed by atoms with E-state index in [-0.39, 0.29) is 12.1 Å². The van der Waals surface area contributed by atoms with Crippen LogP contribution >= 0.6 is 0 Å². The topological polar surface area (TPSA) is 56.5 Å². The van der Waals surface area contributed by atoms with E-state index in [1.165, 1.54) is 0 Å². The molecule has 0 saturated carbocycles. The Morgan fingerprint density at radius 3 is 2.37 bits per heavy atom. The van der Waals surface area contributed by atoms with Crippen LogP contribution in [0, 0.1) is 6.92 Å². The number of nitrogens with two attached hydrogens (primary N) is 1. The summed E-state index contributed by atoms with van der Waals surface area (Å²) >= 11 is 0. The molecule has 0 aliphatic carbocycles. The highest BCUT2D eigenvalue weighted by Crippen LogP contribution is 2.36. The smallest absolute Gasteiger partial charge is 0.130 e. The van der Waals surface area contributed by atoms with Crippen LogP contribution in [0.25, 0.3) is 0 Å². The molecular weight excluding hydrogens is 240 g/mol. The number of rotatable bonds is 7. The largest absolute Gasteiger partial charge is 0.496 e. The normalized spacial score (nSPS) is 14.0. The molecule has 0 saturated heterocycles. The van der Waals surface area contributed by atoms with Gasteiger partial charge in [-0.3, -0.25) is 0 Å². The Morgan fingerprint density at radius 2 is 1.89 bits per heavy atom. The third-order valence-electron chi connectivity index (χ3n) is 3.45. The number of nitrogens with one attached hydrogen (secondary N) is 1. The molecule has 2 unspecified atom stereocenters. The summed E-state index contributed by atoms with van der Waals surface area (Å²) in [5.74, 6) is 1.74. The maximum Gasteiger partial charge on any atom is 0.130 e. The summed E-state index contributed by atoms with van der Waals surface area (Å²) in [5, 5.41) is 3.34. The molecule has 0 aromatic heterocycles. The molecule has 0 radical (unpaired) electrons. The van der Waals surface area contributed by atoms with Crippen LogP contribution in [0.3, 0.4) is 0 Å². The molecule has 0 aliphatic rings. The predicted molar refractivity (Wildman–Crippen MR) is 79.0 cm³/mol. The molecule has 3 N–H and O–H groups in total. The molecule has 1 rings (SSSR count). The molecule has 19 heavy (non-hydrogen) atoms. The summed E-state index contributed by atoms with van der Waals surface area (Å²) < 4.78 is 10.9. The van der Waals surface area contributed by atoms with E-state index in [1.807, 2.05) is 27.0 Å². The molecule has 0 bridgehead atoms. The molecule has 0 heterocycles. The summed E-state index contributed by atoms with van der Waals surface area (Å²) in [6.07, 6.45) is 1.95. The third-order valence-corrected chi connectivity index (χ3v) is 3.45. The van der Waals surface area contributed by atoms with E-state index in [0.717, 1.165) is 35.5 Å². The number of hydrogen-bond acceptors (Lipinski definition) is 4. The van der Waals surface area contributed by atoms with Gasteiger partial charge in [-0.15, -0.1) is 0 Å². The van der Waals surface area contributed by atoms with E-state index in [1.54, 1.807) is 14.2 Å². The number of methoxy groups -OCH3 is 2. The van der Waals surface area contributed by atoms with Crippen LogP contribution in [0.15, 0.2) is 12.1 Å². The van der Waals surface area contributed by atoms with Crippen LogP contribution in [-0.4, -0.2) is 27.3 Å². The zero-order valence-corrected chi connectivity index (χ0v) is 12.6. The van der Waals surface area contributed by atoms with E-state index >= 15 is 0 Å². The number of benzene rings is 1. The molecule has 4 heteroatoms. The second kappa shape index (κ2) is 7.36. The first kappa shape index (κ1) is 15.8. The van der Waals surface area contributed by atoms with Crippen LogP contribution in [0.5, 0.6) is 11.5 Å². The first-order chi connectivity index (χ1) is 9.04. The fraction of sp³-hybridized carbons (Fsp3) is 0.600. The summed E-state index contributed by atoms with van der Waals surface area (Å²) in [6.45, 7) is 4.04. The molecule has 108 valence electrons. The Kier molecular flexibility index (Phi) is 6.12. The second-order valence-electron chi connectivity index (χ2n) is 4.91. The quantitative estimate of drug-likeness (QED) is 0.795. The van der Waals surface area contributed by atoms with Crippen molar-refractivity contribution in [3.05, 3.63) is 23.3 Å². The van der Waals surface area contributed by atoms with E-state index in [4.69, 9.17) is 15.2 Å². The first-order valence-corrected chi connectivity index (χ1v) is 6.69. The maximum atomic E-state index is 5.84. The van der Waals surface area contributed by atoms with Gasteiger partial charge >= 0.3 is 0 Å². The summed E-state index contributed by atoms with van der Waals surface area (Å²) in [6, 6.07) is 4.50. The van der Waals surface area contributed by atoms with Crippen molar-refractivity contribution in [2.75, 3.05) is 21.3 Å². The van der Waals surface area contributed by atoms with E-state index in [2.05, 4.69) is 11.4 Å². The van der Waals surface area contributed by atoms with Gasteiger partial charge in [0, 0.05) is 23.2 Å². The average Bonchev–Trinajstić information content (AvgIpc) is 2.39. The second-order valence-corrected chi connectivity index (χ2v) is 4.91. The van der Waals surface area contributed by atoms with Gasteiger partial charge in [-0.2, -0.15) is 0 Å². The lowest BCUT2D eigenvalue weighted by atomic mass is 9.97. The Bertz CT molecular complexity index is 405. The lowest BCUT2D eigenvalue weighted by Gasteiger charge is -2.22. The van der Waals surface area contributed by atoms with Gasteiger partial charge in [0.05, 0.1) is 14.2 Å². The minimum atomic E-state index is 0.209. The molecule has 0 aliphatic heterocycles. The zero-order chi connectivity index (χ0) is 14.4. The Morgan fingerprint density at radius 1 is 1.21 bits per heavy atom. The van der Waals surface area contributed by atoms with Crippen molar-refractivity contribution < 1.29 is 9.47 Å². The van der Waals surface area contributed by atoms with Crippen molar-refractivity contribution in [1.29, 1.82) is 0 Å². The van der Waals surface area contributed by atoms with Gasteiger partial charge in [0.2, 0.25) is 0 Å². The van der Waals surface area contributed by atoms with E-state index < -0.39 is 0 Å². The van der Waals surface area contributed by atoms with Crippen LogP contribution < -0.4 is 20.5 Å². The van der Waals surface area contributed by atoms with Gasteiger partial charge in [0.1, 0.15) is 11.5 Å². The van der Waals surface area contributed by atoms with Crippen molar-refractivity contribution in [3.63, 3.8) is 0 Å². The van der Waals surface area contributed by atoms with Crippen molar-refractivity contribution in [2.45, 2.75) is 38.8 Å². The molecule has 1 aromatic rings. The molecule has 0 amide bonds. The Balaban J connectivity index is 3.06. The Hall–Kier alpha value is -1.26. The highest BCUT2D eigenvalue weighted by atomic mass is 16.5. The molecule has 2 atom stereocenters. The van der Waals surface area contributed by atoms with Gasteiger partial charge in [0.15, 0.2) is 0 Å². The maximum absolute atomic E-state index is 5.84. The first-order valence-electron chi connectivity index (χ1n) is 6.69. The van der Waals surface area contributed by atoms with Gasteiger partial charge in [0.25, 0.3) is 0 Å². The fourth-order valence-electron chi connectivity index (χ4n) is 2.35. The van der Waals surface area contributed by atoms with Gasteiger partial charge in [-0.25, -0.2) is 0 Å². The minimum Gasteiger partial charge on any atom is -0.496 e. The van der Waals surface area contributed by atoms with Crippen LogP contribution in [-0.2, 0) is 0 Å². The SMILES string of the molecule is CNC(CCC(C)N)c1ccc(OC)c(C)c1OC. The number of ether oxygens (including phenoxy) is 2. The summed E-state index contributed by atoms with van der Waals surface area (Å²) in [7, 11) is 5.33. The predicted octanol–water partition coefficient (Wildman–Crippen LogP) is 2.40. The van der Waals surface area contributed by atoms with Crippen molar-refractivity contribution in [1.82, 2.24) is 5.32 Å². The van der Waals surface area contributed by atoms with Crippen LogP contribution in [0.2, 0.25) is 0 Å². The number of hydrogen-bond donors (Lipinski definition) is 2. The molecule has 0 fully saturated rings. The average molecular weight is 266 g/mol. The van der Waals surface area contributed by atoms with Crippen LogP contribution in [0.4, 0.5) is 0 Å². The Labute approximate surface area is 116 Å². The molecule has 0 spiro atoms. The molecular formula is C15H26N2O2. The van der Waals surface area contributed by atoms with Crippen LogP contribution in [0.1, 0.15) is 36.9 Å². The monoisotopic (exact) mass is 266 g/mol. The van der Waals surface area contributed by atoms with Crippen molar-refractivity contribution >= 4 is 0 Å². The van der Waals surface area contributed by atoms with E-state index in [0.29, 0.717) is 0 Å². The summed E-state index contributed by atoms with van der Waals surface area (Å²) in [4.78, 5) is 0. The zero-order valence-electron chi connectivity index (χ0n) is 12.6. The molecule has 4 nitrogen and oxygen atoms in total. The third kappa shape index (κ3) is 3.85. The lowest BCUT2D eigenvalue weighted by molar-refractivity contribution is 0.377. The van der Waals surface area contributed by atoms with Gasteiger partial charge in [-0.1, -0.05) is 6.07 Å². The summed E-state index contributed by atoms with van der Waals surface area (Å²) in [5.41, 5.74) is 8.03. The highest BCUT2D eigenvalue weighted by molar-refractivity contribution is 5.50. The van der Waals surface area contributed by atoms with E-state index in [9.17, 15) is 0 Å². The minimum absolute atomic E-state index is 0.209.